The Hall–Kier alpha value is -2.50. The highest BCUT2D eigenvalue weighted by Crippen LogP contribution is 2.33. The highest BCUT2D eigenvalue weighted by atomic mass is 32.2. The molecule has 0 spiro atoms. The average Bonchev–Trinajstić information content (AvgIpc) is 3.27. The molecule has 2 atom stereocenters. The summed E-state index contributed by atoms with van der Waals surface area (Å²) in [5.74, 6) is -0.0133. The molecule has 2 aromatic carbocycles. The average molecular weight is 461 g/mol. The van der Waals surface area contributed by atoms with Crippen molar-refractivity contribution in [1.82, 2.24) is 15.2 Å². The normalized spacial score (nSPS) is 22.1. The number of hydrazine groups is 1. The van der Waals surface area contributed by atoms with Crippen LogP contribution >= 0.6 is 0 Å². The molecule has 4 N–H and O–H groups in total. The molecular weight excluding hydrogens is 432 g/mol. The smallest absolute Gasteiger partial charge is 0.243 e. The van der Waals surface area contributed by atoms with Crippen LogP contribution in [0.3, 0.4) is 0 Å². The number of rotatable bonds is 5. The molecule has 0 aromatic heterocycles. The Morgan fingerprint density at radius 1 is 1.12 bits per heavy atom. The first-order chi connectivity index (χ1) is 15.3. The van der Waals surface area contributed by atoms with Gasteiger partial charge in [0.05, 0.1) is 24.2 Å². The van der Waals surface area contributed by atoms with Gasteiger partial charge in [-0.1, -0.05) is 17.7 Å². The van der Waals surface area contributed by atoms with Crippen molar-refractivity contribution in [2.45, 2.75) is 37.2 Å². The van der Waals surface area contributed by atoms with E-state index < -0.39 is 16.1 Å². The molecular formula is C22H28N4O5S. The van der Waals surface area contributed by atoms with E-state index in [1.54, 1.807) is 12.1 Å². The molecule has 32 heavy (non-hydrogen) atoms. The van der Waals surface area contributed by atoms with Crippen LogP contribution in [0.2, 0.25) is 0 Å². The first-order valence-corrected chi connectivity index (χ1v) is 12.0. The molecule has 9 nitrogen and oxygen atoms in total. The Kier molecular flexibility index (Phi) is 6.50. The second-order valence-electron chi connectivity index (χ2n) is 8.18. The number of phenolic OH excluding ortho intramolecular Hbond substituents is 1. The fourth-order valence-electron chi connectivity index (χ4n) is 4.07. The summed E-state index contributed by atoms with van der Waals surface area (Å²) in [4.78, 5) is 12.9. The van der Waals surface area contributed by atoms with Gasteiger partial charge in [0.25, 0.3) is 0 Å². The summed E-state index contributed by atoms with van der Waals surface area (Å²) in [6, 6.07) is 9.28. The second-order valence-corrected chi connectivity index (χ2v) is 10.1. The van der Waals surface area contributed by atoms with Crippen LogP contribution in [0.15, 0.2) is 41.3 Å². The van der Waals surface area contributed by atoms with E-state index in [2.05, 4.69) is 16.2 Å². The van der Waals surface area contributed by atoms with Crippen LogP contribution in [0.25, 0.3) is 0 Å². The lowest BCUT2D eigenvalue weighted by molar-refractivity contribution is -0.117. The molecule has 4 rings (SSSR count). The Bertz CT molecular complexity index is 1100. The molecule has 2 aliphatic rings. The summed E-state index contributed by atoms with van der Waals surface area (Å²) in [6.07, 6.45) is 0.464. The summed E-state index contributed by atoms with van der Waals surface area (Å²) in [5.41, 5.74) is 9.16. The number of anilines is 1. The molecule has 0 bridgehead atoms. The van der Waals surface area contributed by atoms with Gasteiger partial charge in [0.2, 0.25) is 15.9 Å². The van der Waals surface area contributed by atoms with Gasteiger partial charge in [0.15, 0.2) is 0 Å². The minimum absolute atomic E-state index is 0.184. The molecule has 2 heterocycles. The zero-order valence-corrected chi connectivity index (χ0v) is 18.9. The van der Waals surface area contributed by atoms with E-state index in [1.165, 1.54) is 16.4 Å². The van der Waals surface area contributed by atoms with E-state index >= 15 is 0 Å². The number of morpholine rings is 1. The number of sulfonamides is 1. The molecule has 1 amide bonds. The van der Waals surface area contributed by atoms with Crippen LogP contribution in [-0.4, -0.2) is 56.1 Å². The van der Waals surface area contributed by atoms with Gasteiger partial charge in [0.1, 0.15) is 11.8 Å². The molecule has 2 unspecified atom stereocenters. The number of carbonyl (C=O) groups excluding carboxylic acids is 1. The second kappa shape index (κ2) is 9.16. The number of aromatic hydroxyl groups is 1. The quantitative estimate of drug-likeness (QED) is 0.535. The number of ether oxygens (including phenoxy) is 1. The summed E-state index contributed by atoms with van der Waals surface area (Å²) < 4.78 is 32.1. The third kappa shape index (κ3) is 4.64. The van der Waals surface area contributed by atoms with E-state index in [9.17, 15) is 18.3 Å². The zero-order chi connectivity index (χ0) is 22.9. The third-order valence-electron chi connectivity index (χ3n) is 5.80. The number of amides is 1. The van der Waals surface area contributed by atoms with Gasteiger partial charge in [-0.3, -0.25) is 4.79 Å². The minimum atomic E-state index is -3.58. The first kappa shape index (κ1) is 22.7. The summed E-state index contributed by atoms with van der Waals surface area (Å²) in [5, 5.41) is 13.2. The number of nitrogens with one attached hydrogen (secondary N) is 3. The predicted molar refractivity (Wildman–Crippen MR) is 120 cm³/mol. The SMILES string of the molecule is Cc1cc(C)c(O)c(C2CC(C(=O)Nc3ccc(S(=O)(=O)N4CCOCC4)cc3)NN2)c1. The Labute approximate surface area is 187 Å². The monoisotopic (exact) mass is 460 g/mol. The molecule has 2 saturated heterocycles. The number of carbonyl (C=O) groups is 1. The lowest BCUT2D eigenvalue weighted by atomic mass is 9.96. The fourth-order valence-corrected chi connectivity index (χ4v) is 5.47. The predicted octanol–water partition coefficient (Wildman–Crippen LogP) is 1.58. The minimum Gasteiger partial charge on any atom is -0.507 e. The molecule has 10 heteroatoms. The molecule has 172 valence electrons. The zero-order valence-electron chi connectivity index (χ0n) is 18.1. The van der Waals surface area contributed by atoms with Crippen LogP contribution in [0.1, 0.15) is 29.2 Å². The van der Waals surface area contributed by atoms with Crippen molar-refractivity contribution >= 4 is 21.6 Å². The highest BCUT2D eigenvalue weighted by Gasteiger charge is 2.32. The number of nitrogens with zero attached hydrogens (tertiary/aromatic N) is 1. The van der Waals surface area contributed by atoms with E-state index in [0.717, 1.165) is 16.7 Å². The van der Waals surface area contributed by atoms with Crippen molar-refractivity contribution in [2.24, 2.45) is 0 Å². The van der Waals surface area contributed by atoms with Gasteiger partial charge in [-0.15, -0.1) is 0 Å². The fraction of sp³-hybridized carbons (Fsp3) is 0.409. The van der Waals surface area contributed by atoms with E-state index in [0.29, 0.717) is 38.4 Å². The lowest BCUT2D eigenvalue weighted by Crippen LogP contribution is -2.40. The van der Waals surface area contributed by atoms with Gasteiger partial charge in [-0.25, -0.2) is 19.3 Å². The van der Waals surface area contributed by atoms with Crippen molar-refractivity contribution in [3.8, 4) is 5.75 Å². The standard InChI is InChI=1S/C22H28N4O5S/c1-14-11-15(2)21(27)18(12-14)19-13-20(25-24-19)22(28)23-16-3-5-17(6-4-16)32(29,30)26-7-9-31-10-8-26/h3-6,11-12,19-20,24-25,27H,7-10,13H2,1-2H3,(H,23,28). The topological polar surface area (TPSA) is 120 Å². The molecule has 0 aliphatic carbocycles. The Balaban J connectivity index is 1.39. The van der Waals surface area contributed by atoms with Crippen LogP contribution in [0.5, 0.6) is 5.75 Å². The number of hydrogen-bond acceptors (Lipinski definition) is 7. The summed E-state index contributed by atoms with van der Waals surface area (Å²) in [7, 11) is -3.58. The van der Waals surface area contributed by atoms with Gasteiger partial charge >= 0.3 is 0 Å². The van der Waals surface area contributed by atoms with Gasteiger partial charge in [0, 0.05) is 24.3 Å². The van der Waals surface area contributed by atoms with Crippen LogP contribution < -0.4 is 16.2 Å². The van der Waals surface area contributed by atoms with Crippen LogP contribution in [0, 0.1) is 13.8 Å². The number of benzene rings is 2. The van der Waals surface area contributed by atoms with Crippen molar-refractivity contribution in [2.75, 3.05) is 31.6 Å². The van der Waals surface area contributed by atoms with Crippen molar-refractivity contribution in [3.05, 3.63) is 53.1 Å². The van der Waals surface area contributed by atoms with Crippen LogP contribution in [-0.2, 0) is 19.6 Å². The van der Waals surface area contributed by atoms with Crippen molar-refractivity contribution in [3.63, 3.8) is 0 Å². The molecule has 0 saturated carbocycles. The number of hydrogen-bond donors (Lipinski definition) is 4. The summed E-state index contributed by atoms with van der Waals surface area (Å²) in [6.45, 7) is 5.25. The maximum absolute atomic E-state index is 12.7. The maximum Gasteiger partial charge on any atom is 0.243 e. The Morgan fingerprint density at radius 2 is 1.81 bits per heavy atom. The molecule has 2 aromatic rings. The first-order valence-electron chi connectivity index (χ1n) is 10.6. The van der Waals surface area contributed by atoms with Crippen molar-refractivity contribution in [1.29, 1.82) is 0 Å². The Morgan fingerprint density at radius 3 is 2.50 bits per heavy atom. The van der Waals surface area contributed by atoms with Gasteiger partial charge < -0.3 is 15.2 Å². The molecule has 0 radical (unpaired) electrons. The van der Waals surface area contributed by atoms with E-state index in [1.807, 2.05) is 26.0 Å². The van der Waals surface area contributed by atoms with Gasteiger partial charge in [-0.2, -0.15) is 4.31 Å². The molecule has 2 aliphatic heterocycles. The highest BCUT2D eigenvalue weighted by molar-refractivity contribution is 7.89. The third-order valence-corrected chi connectivity index (χ3v) is 7.71. The van der Waals surface area contributed by atoms with Crippen LogP contribution in [0.4, 0.5) is 5.69 Å². The number of phenols is 1. The molecule has 2 fully saturated rings. The number of aryl methyl sites for hydroxylation is 2. The van der Waals surface area contributed by atoms with Crippen molar-refractivity contribution < 1.29 is 23.1 Å². The van der Waals surface area contributed by atoms with E-state index in [-0.39, 0.29) is 22.6 Å². The van der Waals surface area contributed by atoms with Gasteiger partial charge in [-0.05, 0) is 50.1 Å². The maximum atomic E-state index is 12.7. The largest absolute Gasteiger partial charge is 0.507 e. The van der Waals surface area contributed by atoms with E-state index in [4.69, 9.17) is 4.74 Å². The summed E-state index contributed by atoms with van der Waals surface area (Å²) >= 11 is 0. The lowest BCUT2D eigenvalue weighted by Gasteiger charge is -2.26.